The molecule has 1 saturated heterocycles. The number of hydrogen-bond acceptors (Lipinski definition) is 4. The molecule has 82 valence electrons. The van der Waals surface area contributed by atoms with Crippen LogP contribution in [0.25, 0.3) is 0 Å². The van der Waals surface area contributed by atoms with Crippen molar-refractivity contribution >= 4 is 5.91 Å². The standard InChI is InChI=1S/C9H18N2O3/c1-10-9(13)2-3-11-4-5-14-7-8(12)6-11/h8,12H,2-7H2,1H3,(H,10,13). The molecule has 14 heavy (non-hydrogen) atoms. The molecule has 0 saturated carbocycles. The Morgan fingerprint density at radius 2 is 2.50 bits per heavy atom. The molecular weight excluding hydrogens is 184 g/mol. The smallest absolute Gasteiger partial charge is 0.221 e. The predicted octanol–water partition coefficient (Wildman–Crippen LogP) is -1.18. The van der Waals surface area contributed by atoms with Crippen molar-refractivity contribution in [1.82, 2.24) is 10.2 Å². The highest BCUT2D eigenvalue weighted by atomic mass is 16.5. The lowest BCUT2D eigenvalue weighted by Crippen LogP contribution is -2.35. The Morgan fingerprint density at radius 1 is 1.71 bits per heavy atom. The topological polar surface area (TPSA) is 61.8 Å². The van der Waals surface area contributed by atoms with E-state index in [9.17, 15) is 9.90 Å². The molecule has 0 spiro atoms. The third-order valence-corrected chi connectivity index (χ3v) is 2.26. The minimum absolute atomic E-state index is 0.0321. The summed E-state index contributed by atoms with van der Waals surface area (Å²) in [5.74, 6) is 0.0321. The fourth-order valence-electron chi connectivity index (χ4n) is 1.44. The normalized spacial score (nSPS) is 24.3. The number of nitrogens with one attached hydrogen (secondary N) is 1. The van der Waals surface area contributed by atoms with Gasteiger partial charge in [0.1, 0.15) is 0 Å². The fraction of sp³-hybridized carbons (Fsp3) is 0.889. The SMILES string of the molecule is CNC(=O)CCN1CCOCC(O)C1. The van der Waals surface area contributed by atoms with E-state index in [1.807, 2.05) is 4.90 Å². The van der Waals surface area contributed by atoms with E-state index in [0.717, 1.165) is 6.54 Å². The molecule has 0 aromatic carbocycles. The number of nitrogens with zero attached hydrogens (tertiary/aromatic N) is 1. The van der Waals surface area contributed by atoms with Gasteiger partial charge in [0.25, 0.3) is 0 Å². The molecule has 1 heterocycles. The third kappa shape index (κ3) is 4.04. The van der Waals surface area contributed by atoms with Crippen LogP contribution in [0.3, 0.4) is 0 Å². The van der Waals surface area contributed by atoms with Crippen LogP contribution < -0.4 is 5.32 Å². The van der Waals surface area contributed by atoms with Gasteiger partial charge < -0.3 is 15.2 Å². The van der Waals surface area contributed by atoms with Gasteiger partial charge in [-0.05, 0) is 0 Å². The van der Waals surface area contributed by atoms with Crippen LogP contribution in [-0.2, 0) is 9.53 Å². The molecule has 1 aliphatic rings. The van der Waals surface area contributed by atoms with Gasteiger partial charge >= 0.3 is 0 Å². The molecule has 1 rings (SSSR count). The number of carbonyl (C=O) groups excluding carboxylic acids is 1. The average molecular weight is 202 g/mol. The first-order valence-electron chi connectivity index (χ1n) is 4.91. The number of aliphatic hydroxyl groups is 1. The van der Waals surface area contributed by atoms with Gasteiger partial charge in [-0.15, -0.1) is 0 Å². The highest BCUT2D eigenvalue weighted by Crippen LogP contribution is 2.00. The van der Waals surface area contributed by atoms with E-state index < -0.39 is 6.10 Å². The summed E-state index contributed by atoms with van der Waals surface area (Å²) >= 11 is 0. The molecule has 1 aliphatic heterocycles. The molecule has 0 bridgehead atoms. The lowest BCUT2D eigenvalue weighted by Gasteiger charge is -2.19. The van der Waals surface area contributed by atoms with E-state index in [1.165, 1.54) is 0 Å². The lowest BCUT2D eigenvalue weighted by atomic mass is 10.3. The zero-order valence-electron chi connectivity index (χ0n) is 8.53. The second kappa shape index (κ2) is 5.95. The third-order valence-electron chi connectivity index (χ3n) is 2.26. The summed E-state index contributed by atoms with van der Waals surface area (Å²) < 4.78 is 5.18. The summed E-state index contributed by atoms with van der Waals surface area (Å²) in [5.41, 5.74) is 0. The van der Waals surface area contributed by atoms with Gasteiger partial charge in [-0.2, -0.15) is 0 Å². The summed E-state index contributed by atoms with van der Waals surface area (Å²) in [4.78, 5) is 13.0. The first-order valence-corrected chi connectivity index (χ1v) is 4.91. The molecule has 0 radical (unpaired) electrons. The highest BCUT2D eigenvalue weighted by molar-refractivity contribution is 5.75. The maximum atomic E-state index is 11.0. The van der Waals surface area contributed by atoms with Crippen molar-refractivity contribution in [2.24, 2.45) is 0 Å². The van der Waals surface area contributed by atoms with Crippen molar-refractivity contribution in [3.05, 3.63) is 0 Å². The molecule has 0 aliphatic carbocycles. The summed E-state index contributed by atoms with van der Waals surface area (Å²) in [6.07, 6.45) is 0.0469. The van der Waals surface area contributed by atoms with Crippen LogP contribution in [0.1, 0.15) is 6.42 Å². The molecule has 1 atom stereocenters. The minimum Gasteiger partial charge on any atom is -0.389 e. The summed E-state index contributed by atoms with van der Waals surface area (Å²) in [6, 6.07) is 0. The number of β-amino-alcohol motifs (C(OH)–C–C–N with tert-alkyl or cyclic N) is 1. The van der Waals surface area contributed by atoms with E-state index in [4.69, 9.17) is 4.74 Å². The second-order valence-electron chi connectivity index (χ2n) is 3.45. The number of amides is 1. The Hall–Kier alpha value is -0.650. The van der Waals surface area contributed by atoms with E-state index in [2.05, 4.69) is 5.32 Å². The van der Waals surface area contributed by atoms with Crippen LogP contribution in [-0.4, -0.2) is 61.9 Å². The summed E-state index contributed by atoms with van der Waals surface area (Å²) in [5, 5.41) is 12.0. The first kappa shape index (κ1) is 11.4. The van der Waals surface area contributed by atoms with Crippen molar-refractivity contribution in [2.45, 2.75) is 12.5 Å². The molecule has 0 aromatic rings. The van der Waals surface area contributed by atoms with Crippen molar-refractivity contribution in [1.29, 1.82) is 0 Å². The van der Waals surface area contributed by atoms with Gasteiger partial charge in [0, 0.05) is 33.1 Å². The summed E-state index contributed by atoms with van der Waals surface area (Å²) in [6.45, 7) is 3.09. The predicted molar refractivity (Wildman–Crippen MR) is 51.9 cm³/mol. The lowest BCUT2D eigenvalue weighted by molar-refractivity contribution is -0.121. The van der Waals surface area contributed by atoms with Crippen LogP contribution in [0, 0.1) is 0 Å². The van der Waals surface area contributed by atoms with Gasteiger partial charge in [0.05, 0.1) is 19.3 Å². The quantitative estimate of drug-likeness (QED) is 0.604. The van der Waals surface area contributed by atoms with Crippen LogP contribution in [0.2, 0.25) is 0 Å². The van der Waals surface area contributed by atoms with E-state index in [-0.39, 0.29) is 5.91 Å². The van der Waals surface area contributed by atoms with Gasteiger partial charge in [0.2, 0.25) is 5.91 Å². The Kier molecular flexibility index (Phi) is 4.86. The van der Waals surface area contributed by atoms with Crippen molar-refractivity contribution in [2.75, 3.05) is 39.9 Å². The maximum Gasteiger partial charge on any atom is 0.221 e. The fourth-order valence-corrected chi connectivity index (χ4v) is 1.44. The van der Waals surface area contributed by atoms with E-state index >= 15 is 0 Å². The Labute approximate surface area is 84.0 Å². The number of aliphatic hydroxyl groups excluding tert-OH is 1. The molecule has 2 N–H and O–H groups in total. The Balaban J connectivity index is 2.24. The van der Waals surface area contributed by atoms with Gasteiger partial charge in [-0.3, -0.25) is 9.69 Å². The van der Waals surface area contributed by atoms with Crippen molar-refractivity contribution in [3.8, 4) is 0 Å². The zero-order chi connectivity index (χ0) is 10.4. The van der Waals surface area contributed by atoms with Crippen LogP contribution in [0.15, 0.2) is 0 Å². The second-order valence-corrected chi connectivity index (χ2v) is 3.45. The van der Waals surface area contributed by atoms with Crippen LogP contribution in [0.5, 0.6) is 0 Å². The highest BCUT2D eigenvalue weighted by Gasteiger charge is 2.16. The molecule has 1 fully saturated rings. The molecule has 0 aromatic heterocycles. The van der Waals surface area contributed by atoms with Gasteiger partial charge in [-0.1, -0.05) is 0 Å². The van der Waals surface area contributed by atoms with Crippen LogP contribution in [0.4, 0.5) is 0 Å². The molecule has 5 heteroatoms. The van der Waals surface area contributed by atoms with E-state index in [1.54, 1.807) is 7.05 Å². The van der Waals surface area contributed by atoms with Gasteiger partial charge in [-0.25, -0.2) is 0 Å². The molecular formula is C9H18N2O3. The Bertz CT molecular complexity index is 187. The minimum atomic E-state index is -0.429. The molecule has 1 unspecified atom stereocenters. The number of carbonyl (C=O) groups is 1. The molecule has 1 amide bonds. The Morgan fingerprint density at radius 3 is 3.21 bits per heavy atom. The largest absolute Gasteiger partial charge is 0.389 e. The zero-order valence-corrected chi connectivity index (χ0v) is 8.53. The van der Waals surface area contributed by atoms with Gasteiger partial charge in [0.15, 0.2) is 0 Å². The number of ether oxygens (including phenoxy) is 1. The number of rotatable bonds is 3. The maximum absolute atomic E-state index is 11.0. The van der Waals surface area contributed by atoms with E-state index in [0.29, 0.717) is 32.7 Å². The van der Waals surface area contributed by atoms with Crippen LogP contribution >= 0.6 is 0 Å². The summed E-state index contributed by atoms with van der Waals surface area (Å²) in [7, 11) is 1.63. The molecule has 5 nitrogen and oxygen atoms in total. The monoisotopic (exact) mass is 202 g/mol. The first-order chi connectivity index (χ1) is 6.72. The van der Waals surface area contributed by atoms with Crippen molar-refractivity contribution in [3.63, 3.8) is 0 Å². The van der Waals surface area contributed by atoms with Crippen molar-refractivity contribution < 1.29 is 14.6 Å². The number of hydrogen-bond donors (Lipinski definition) is 2. The average Bonchev–Trinajstić information content (AvgIpc) is 2.39.